The summed E-state index contributed by atoms with van der Waals surface area (Å²) in [5.74, 6) is 0.291. The first-order chi connectivity index (χ1) is 13.9. The Morgan fingerprint density at radius 2 is 2.07 bits per heavy atom. The highest BCUT2D eigenvalue weighted by molar-refractivity contribution is 7.89. The fraction of sp³-hybridized carbons (Fsp3) is 0.278. The Hall–Kier alpha value is -3.18. The zero-order chi connectivity index (χ0) is 21.0. The molecule has 1 aromatic carbocycles. The Labute approximate surface area is 167 Å². The van der Waals surface area contributed by atoms with Gasteiger partial charge in [0.15, 0.2) is 6.61 Å². The van der Waals surface area contributed by atoms with Crippen LogP contribution >= 0.6 is 0 Å². The Morgan fingerprint density at radius 3 is 2.79 bits per heavy atom. The van der Waals surface area contributed by atoms with E-state index in [0.717, 1.165) is 0 Å². The standard InChI is InChI=1S/C18H20N4O6S/c1-4-26-15-8-6-5-7-13(15)17-20-16(28-21-17)11-27-18(23)14-9-12(10-22(14)3)29(24,25)19-2/h5-10,19H,4,11H2,1-3H3. The molecule has 29 heavy (non-hydrogen) atoms. The summed E-state index contributed by atoms with van der Waals surface area (Å²) in [5, 5.41) is 3.89. The molecule has 2 heterocycles. The van der Waals surface area contributed by atoms with Gasteiger partial charge in [0.05, 0.1) is 12.2 Å². The number of nitrogens with zero attached hydrogens (tertiary/aromatic N) is 3. The highest BCUT2D eigenvalue weighted by Crippen LogP contribution is 2.27. The number of aryl methyl sites for hydroxylation is 1. The molecule has 0 unspecified atom stereocenters. The van der Waals surface area contributed by atoms with Crippen molar-refractivity contribution in [3.63, 3.8) is 0 Å². The van der Waals surface area contributed by atoms with Gasteiger partial charge in [-0.2, -0.15) is 4.98 Å². The van der Waals surface area contributed by atoms with E-state index in [1.807, 2.05) is 19.1 Å². The Balaban J connectivity index is 1.71. The van der Waals surface area contributed by atoms with Gasteiger partial charge in [-0.25, -0.2) is 17.9 Å². The van der Waals surface area contributed by atoms with Crippen LogP contribution in [0, 0.1) is 0 Å². The van der Waals surface area contributed by atoms with Crippen molar-refractivity contribution in [3.05, 3.63) is 48.1 Å². The van der Waals surface area contributed by atoms with Gasteiger partial charge >= 0.3 is 5.97 Å². The number of aromatic nitrogens is 3. The number of rotatable bonds is 8. The van der Waals surface area contributed by atoms with Gasteiger partial charge < -0.3 is 18.6 Å². The lowest BCUT2D eigenvalue weighted by atomic mass is 10.2. The van der Waals surface area contributed by atoms with Crippen LogP contribution in [0.4, 0.5) is 0 Å². The zero-order valence-corrected chi connectivity index (χ0v) is 16.9. The number of hydrogen-bond donors (Lipinski definition) is 1. The first-order valence-corrected chi connectivity index (χ1v) is 10.2. The van der Waals surface area contributed by atoms with Gasteiger partial charge in [0.25, 0.3) is 5.89 Å². The van der Waals surface area contributed by atoms with Crippen molar-refractivity contribution in [1.82, 2.24) is 19.4 Å². The summed E-state index contributed by atoms with van der Waals surface area (Å²) in [6.45, 7) is 2.10. The molecule has 0 saturated heterocycles. The maximum Gasteiger partial charge on any atom is 0.355 e. The number of hydrogen-bond acceptors (Lipinski definition) is 8. The fourth-order valence-corrected chi connectivity index (χ4v) is 3.36. The molecule has 3 aromatic rings. The second kappa shape index (κ2) is 8.45. The molecule has 0 radical (unpaired) electrons. The molecule has 11 heteroatoms. The monoisotopic (exact) mass is 420 g/mol. The van der Waals surface area contributed by atoms with Gasteiger partial charge in [0.1, 0.15) is 16.3 Å². The maximum absolute atomic E-state index is 12.3. The summed E-state index contributed by atoms with van der Waals surface area (Å²) in [5.41, 5.74) is 0.722. The second-order valence-electron chi connectivity index (χ2n) is 5.90. The molecular formula is C18H20N4O6S. The van der Waals surface area contributed by atoms with Crippen LogP contribution in [-0.4, -0.2) is 42.7 Å². The molecule has 0 amide bonds. The van der Waals surface area contributed by atoms with Crippen LogP contribution < -0.4 is 9.46 Å². The summed E-state index contributed by atoms with van der Waals surface area (Å²) in [6, 6.07) is 8.46. The van der Waals surface area contributed by atoms with Crippen molar-refractivity contribution < 1.29 is 27.2 Å². The Morgan fingerprint density at radius 1 is 1.31 bits per heavy atom. The molecule has 3 rings (SSSR count). The van der Waals surface area contributed by atoms with Crippen molar-refractivity contribution in [2.24, 2.45) is 7.05 Å². The predicted molar refractivity (Wildman–Crippen MR) is 102 cm³/mol. The van der Waals surface area contributed by atoms with Crippen molar-refractivity contribution >= 4 is 16.0 Å². The first kappa shape index (κ1) is 20.6. The Kier molecular flexibility index (Phi) is 5.99. The summed E-state index contributed by atoms with van der Waals surface area (Å²) >= 11 is 0. The number of ether oxygens (including phenoxy) is 2. The Bertz CT molecular complexity index is 1120. The average Bonchev–Trinajstić information content (AvgIpc) is 3.34. The minimum atomic E-state index is -3.67. The number of sulfonamides is 1. The van der Waals surface area contributed by atoms with Crippen LogP contribution in [-0.2, 0) is 28.4 Å². The number of esters is 1. The second-order valence-corrected chi connectivity index (χ2v) is 7.78. The van der Waals surface area contributed by atoms with Crippen LogP contribution in [0.25, 0.3) is 11.4 Å². The summed E-state index contributed by atoms with van der Waals surface area (Å²) < 4.78 is 43.1. The van der Waals surface area contributed by atoms with Crippen molar-refractivity contribution in [2.45, 2.75) is 18.4 Å². The number of carbonyl (C=O) groups excluding carboxylic acids is 1. The van der Waals surface area contributed by atoms with Crippen molar-refractivity contribution in [3.8, 4) is 17.1 Å². The SMILES string of the molecule is CCOc1ccccc1-c1noc(COC(=O)c2cc(S(=O)(=O)NC)cn2C)n1. The highest BCUT2D eigenvalue weighted by Gasteiger charge is 2.21. The molecule has 0 atom stereocenters. The van der Waals surface area contributed by atoms with Crippen LogP contribution in [0.15, 0.2) is 45.9 Å². The molecule has 154 valence electrons. The lowest BCUT2D eigenvalue weighted by molar-refractivity contribution is 0.0418. The topological polar surface area (TPSA) is 126 Å². The van der Waals surface area contributed by atoms with Gasteiger partial charge in [-0.05, 0) is 32.2 Å². The lowest BCUT2D eigenvalue weighted by Crippen LogP contribution is -2.17. The molecule has 10 nitrogen and oxygen atoms in total. The van der Waals surface area contributed by atoms with E-state index in [2.05, 4.69) is 14.9 Å². The zero-order valence-electron chi connectivity index (χ0n) is 16.1. The van der Waals surface area contributed by atoms with Crippen molar-refractivity contribution in [2.75, 3.05) is 13.7 Å². The largest absolute Gasteiger partial charge is 0.493 e. The lowest BCUT2D eigenvalue weighted by Gasteiger charge is -2.06. The van der Waals surface area contributed by atoms with Gasteiger partial charge in [0, 0.05) is 13.2 Å². The van der Waals surface area contributed by atoms with Crippen LogP contribution in [0.2, 0.25) is 0 Å². The molecule has 0 spiro atoms. The maximum atomic E-state index is 12.3. The molecule has 0 bridgehead atoms. The fourth-order valence-electron chi connectivity index (χ4n) is 2.56. The van der Waals surface area contributed by atoms with E-state index in [-0.39, 0.29) is 23.1 Å². The average molecular weight is 420 g/mol. The third-order valence-corrected chi connectivity index (χ3v) is 5.37. The smallest absolute Gasteiger partial charge is 0.355 e. The molecule has 0 aliphatic rings. The summed E-state index contributed by atoms with van der Waals surface area (Å²) in [7, 11) is -0.837. The van der Waals surface area contributed by atoms with Crippen LogP contribution in [0.5, 0.6) is 5.75 Å². The third kappa shape index (κ3) is 4.46. The molecule has 1 N–H and O–H groups in total. The number of para-hydroxylation sites is 1. The molecule has 0 aliphatic carbocycles. The van der Waals surface area contributed by atoms with Gasteiger partial charge in [-0.1, -0.05) is 17.3 Å². The van der Waals surface area contributed by atoms with Crippen LogP contribution in [0.1, 0.15) is 23.3 Å². The van der Waals surface area contributed by atoms with E-state index in [0.29, 0.717) is 23.7 Å². The van der Waals surface area contributed by atoms with Gasteiger partial charge in [-0.15, -0.1) is 0 Å². The predicted octanol–water partition coefficient (Wildman–Crippen LogP) is 1.74. The minimum Gasteiger partial charge on any atom is -0.493 e. The summed E-state index contributed by atoms with van der Waals surface area (Å²) in [6.07, 6.45) is 1.32. The molecule has 0 fully saturated rings. The van der Waals surface area contributed by atoms with Crippen molar-refractivity contribution in [1.29, 1.82) is 0 Å². The summed E-state index contributed by atoms with van der Waals surface area (Å²) in [4.78, 5) is 16.5. The molecule has 2 aromatic heterocycles. The quantitative estimate of drug-likeness (QED) is 0.546. The first-order valence-electron chi connectivity index (χ1n) is 8.67. The number of carbonyl (C=O) groups is 1. The van der Waals surface area contributed by atoms with Gasteiger partial charge in [-0.3, -0.25) is 0 Å². The van der Waals surface area contributed by atoms with E-state index in [4.69, 9.17) is 14.0 Å². The third-order valence-electron chi connectivity index (χ3n) is 3.99. The van der Waals surface area contributed by atoms with Crippen LogP contribution in [0.3, 0.4) is 0 Å². The van der Waals surface area contributed by atoms with E-state index in [9.17, 15) is 13.2 Å². The van der Waals surface area contributed by atoms with E-state index in [1.54, 1.807) is 19.2 Å². The minimum absolute atomic E-state index is 0.0398. The van der Waals surface area contributed by atoms with E-state index in [1.165, 1.54) is 23.9 Å². The van der Waals surface area contributed by atoms with E-state index >= 15 is 0 Å². The normalized spacial score (nSPS) is 11.4. The number of nitrogens with one attached hydrogen (secondary N) is 1. The highest BCUT2D eigenvalue weighted by atomic mass is 32.2. The van der Waals surface area contributed by atoms with E-state index < -0.39 is 16.0 Å². The molecule has 0 saturated carbocycles. The molecular weight excluding hydrogens is 400 g/mol. The number of benzene rings is 1. The van der Waals surface area contributed by atoms with Gasteiger partial charge in [0.2, 0.25) is 15.8 Å². The molecule has 0 aliphatic heterocycles.